The summed E-state index contributed by atoms with van der Waals surface area (Å²) >= 11 is 0. The van der Waals surface area contributed by atoms with Gasteiger partial charge in [-0.25, -0.2) is 9.78 Å². The Hall–Kier alpha value is -3.72. The average molecular weight is 671 g/mol. The van der Waals surface area contributed by atoms with Crippen LogP contribution in [0.1, 0.15) is 66.8 Å². The number of anilines is 1. The molecular formula is C30H35F9N4O3. The van der Waals surface area contributed by atoms with Gasteiger partial charge >= 0.3 is 30.5 Å². The van der Waals surface area contributed by atoms with Crippen molar-refractivity contribution in [2.24, 2.45) is 11.8 Å². The number of rotatable bonds is 10. The van der Waals surface area contributed by atoms with Crippen molar-refractivity contribution in [1.82, 2.24) is 14.8 Å². The molecule has 1 aliphatic rings. The second-order valence-corrected chi connectivity index (χ2v) is 11.7. The van der Waals surface area contributed by atoms with E-state index in [1.54, 1.807) is 11.8 Å². The van der Waals surface area contributed by atoms with E-state index in [0.717, 1.165) is 15.9 Å². The lowest BCUT2D eigenvalue weighted by Gasteiger charge is -2.34. The van der Waals surface area contributed by atoms with Gasteiger partial charge in [0, 0.05) is 51.9 Å². The molecule has 0 saturated heterocycles. The summed E-state index contributed by atoms with van der Waals surface area (Å²) in [5, 5.41) is 9.08. The minimum Gasteiger partial charge on any atom is -0.481 e. The summed E-state index contributed by atoms with van der Waals surface area (Å²) in [5.41, 5.74) is -4.96. The second kappa shape index (κ2) is 14.4. The third-order valence-electron chi connectivity index (χ3n) is 7.89. The van der Waals surface area contributed by atoms with Crippen molar-refractivity contribution in [2.75, 3.05) is 32.1 Å². The average Bonchev–Trinajstić information content (AvgIpc) is 2.94. The number of hydrogen-bond donors (Lipinski definition) is 1. The van der Waals surface area contributed by atoms with Gasteiger partial charge in [-0.3, -0.25) is 4.79 Å². The Morgan fingerprint density at radius 1 is 0.804 bits per heavy atom. The molecule has 0 unspecified atom stereocenters. The van der Waals surface area contributed by atoms with Gasteiger partial charge in [-0.2, -0.15) is 39.5 Å². The molecule has 0 radical (unpaired) electrons. The van der Waals surface area contributed by atoms with Crippen molar-refractivity contribution >= 4 is 17.8 Å². The number of aromatic nitrogens is 1. The third kappa shape index (κ3) is 9.89. The largest absolute Gasteiger partial charge is 0.481 e. The van der Waals surface area contributed by atoms with Crippen LogP contribution in [0.25, 0.3) is 0 Å². The van der Waals surface area contributed by atoms with Crippen LogP contribution in [0.2, 0.25) is 0 Å². The molecule has 1 heterocycles. The Morgan fingerprint density at radius 2 is 1.33 bits per heavy atom. The highest BCUT2D eigenvalue weighted by molar-refractivity contribution is 5.74. The Bertz CT molecular complexity index is 1340. The summed E-state index contributed by atoms with van der Waals surface area (Å²) in [6.45, 7) is 0.988. The van der Waals surface area contributed by atoms with E-state index in [-0.39, 0.29) is 42.2 Å². The van der Waals surface area contributed by atoms with Gasteiger partial charge in [-0.15, -0.1) is 0 Å². The topological polar surface area (TPSA) is 77.0 Å². The number of benzene rings is 1. The molecule has 3 rings (SSSR count). The first-order chi connectivity index (χ1) is 21.2. The van der Waals surface area contributed by atoms with E-state index < -0.39 is 65.9 Å². The number of urea groups is 1. The number of aliphatic carboxylic acids is 1. The molecule has 0 bridgehead atoms. The number of alkyl halides is 9. The highest BCUT2D eigenvalue weighted by atomic mass is 19.4. The lowest BCUT2D eigenvalue weighted by Crippen LogP contribution is -2.39. The fraction of sp³-hybridized carbons (Fsp3) is 0.567. The molecule has 0 aliphatic heterocycles. The number of pyridine rings is 1. The zero-order valence-corrected chi connectivity index (χ0v) is 25.4. The summed E-state index contributed by atoms with van der Waals surface area (Å²) in [7, 11) is 2.57. The van der Waals surface area contributed by atoms with E-state index in [4.69, 9.17) is 5.11 Å². The van der Waals surface area contributed by atoms with Gasteiger partial charge in [0.1, 0.15) is 5.82 Å². The number of halogens is 9. The first-order valence-corrected chi connectivity index (χ1v) is 14.5. The maximum Gasteiger partial charge on any atom is 0.417 e. The molecule has 1 saturated carbocycles. The Balaban J connectivity index is 2.02. The maximum absolute atomic E-state index is 13.8. The quantitative estimate of drug-likeness (QED) is 0.260. The van der Waals surface area contributed by atoms with Gasteiger partial charge in [0.15, 0.2) is 0 Å². The maximum atomic E-state index is 13.8. The van der Waals surface area contributed by atoms with Crippen LogP contribution in [-0.4, -0.2) is 59.1 Å². The summed E-state index contributed by atoms with van der Waals surface area (Å²) in [4.78, 5) is 31.9. The Morgan fingerprint density at radius 3 is 1.78 bits per heavy atom. The molecular weight excluding hydrogens is 635 g/mol. The van der Waals surface area contributed by atoms with E-state index in [0.29, 0.717) is 50.6 Å². The molecule has 1 fully saturated rings. The van der Waals surface area contributed by atoms with Gasteiger partial charge in [0.25, 0.3) is 0 Å². The highest BCUT2D eigenvalue weighted by Crippen LogP contribution is 2.38. The molecule has 256 valence electrons. The van der Waals surface area contributed by atoms with Crippen LogP contribution in [0.5, 0.6) is 0 Å². The fourth-order valence-electron chi connectivity index (χ4n) is 5.61. The molecule has 1 aromatic carbocycles. The number of carbonyl (C=O) groups is 2. The molecule has 2 amide bonds. The van der Waals surface area contributed by atoms with Crippen LogP contribution in [-0.2, 0) is 36.4 Å². The van der Waals surface area contributed by atoms with Crippen LogP contribution >= 0.6 is 0 Å². The molecule has 1 aliphatic carbocycles. The zero-order valence-electron chi connectivity index (χ0n) is 25.4. The lowest BCUT2D eigenvalue weighted by molar-refractivity contribution is -0.143. The van der Waals surface area contributed by atoms with E-state index in [9.17, 15) is 49.1 Å². The number of carbonyl (C=O) groups excluding carboxylic acids is 1. The molecule has 0 atom stereocenters. The lowest BCUT2D eigenvalue weighted by atomic mass is 9.80. The summed E-state index contributed by atoms with van der Waals surface area (Å²) in [6.07, 6.45) is -11.8. The van der Waals surface area contributed by atoms with Crippen LogP contribution in [0, 0.1) is 11.8 Å². The van der Waals surface area contributed by atoms with Crippen LogP contribution < -0.4 is 4.90 Å². The van der Waals surface area contributed by atoms with E-state index in [1.807, 2.05) is 0 Å². The van der Waals surface area contributed by atoms with Gasteiger partial charge in [-0.05, 0) is 74.3 Å². The molecule has 2 aromatic rings. The van der Waals surface area contributed by atoms with Crippen LogP contribution in [0.3, 0.4) is 0 Å². The minimum atomic E-state index is -5.14. The number of nitrogens with zero attached hydrogens (tertiary/aromatic N) is 4. The predicted octanol–water partition coefficient (Wildman–Crippen LogP) is 7.93. The monoisotopic (exact) mass is 670 g/mol. The number of hydrogen-bond acceptors (Lipinski definition) is 4. The normalized spacial score (nSPS) is 17.5. The summed E-state index contributed by atoms with van der Waals surface area (Å²) < 4.78 is 122. The van der Waals surface area contributed by atoms with Gasteiger partial charge in [-0.1, -0.05) is 0 Å². The minimum absolute atomic E-state index is 0.0166. The molecule has 46 heavy (non-hydrogen) atoms. The van der Waals surface area contributed by atoms with Gasteiger partial charge in [0.05, 0.1) is 23.2 Å². The van der Waals surface area contributed by atoms with E-state index in [2.05, 4.69) is 4.98 Å². The first-order valence-electron chi connectivity index (χ1n) is 14.5. The van der Waals surface area contributed by atoms with Crippen molar-refractivity contribution < 1.29 is 54.2 Å². The zero-order chi connectivity index (χ0) is 34.6. The summed E-state index contributed by atoms with van der Waals surface area (Å²) in [6, 6.07) is 0.794. The smallest absolute Gasteiger partial charge is 0.417 e. The SMILES string of the molecule is CCN(CC1CCC(CC(=O)O)CC1)c1ncc(C(F)(F)F)cc1CN(Cc1cc(C(F)(F)F)cc(C(F)(F)F)c1)C(=O)N(C)C. The molecule has 0 spiro atoms. The van der Waals surface area contributed by atoms with Crippen molar-refractivity contribution in [2.45, 2.75) is 70.6 Å². The Labute approximate surface area is 260 Å². The molecule has 7 nitrogen and oxygen atoms in total. The predicted molar refractivity (Wildman–Crippen MR) is 150 cm³/mol. The van der Waals surface area contributed by atoms with Crippen LogP contribution in [0.4, 0.5) is 50.1 Å². The van der Waals surface area contributed by atoms with Crippen molar-refractivity contribution in [3.63, 3.8) is 0 Å². The standard InChI is InChI=1S/C30H35F9N4O3/c1-4-42(15-19-7-5-18(6-8-19)11-25(44)45)26-21(12-24(14-40-26)30(37,38)39)17-43(27(46)41(2)3)16-20-9-22(28(31,32)33)13-23(10-20)29(34,35)36/h9-10,12-14,18-19H,4-8,11,15-17H2,1-3H3,(H,44,45). The van der Waals surface area contributed by atoms with Crippen molar-refractivity contribution in [1.29, 1.82) is 0 Å². The van der Waals surface area contributed by atoms with Crippen molar-refractivity contribution in [3.05, 3.63) is 58.3 Å². The Kier molecular flexibility index (Phi) is 11.5. The second-order valence-electron chi connectivity index (χ2n) is 11.7. The number of amides is 2. The van der Waals surface area contributed by atoms with Crippen LogP contribution in [0.15, 0.2) is 30.5 Å². The first kappa shape index (κ1) is 36.7. The number of carboxylic acid groups (broad SMARTS) is 1. The fourth-order valence-corrected chi connectivity index (χ4v) is 5.61. The van der Waals surface area contributed by atoms with Gasteiger partial charge in [0.2, 0.25) is 0 Å². The summed E-state index contributed by atoms with van der Waals surface area (Å²) in [5.74, 6) is -0.733. The highest BCUT2D eigenvalue weighted by Gasteiger charge is 2.38. The van der Waals surface area contributed by atoms with Crippen molar-refractivity contribution in [3.8, 4) is 0 Å². The molecule has 1 aromatic heterocycles. The molecule has 16 heteroatoms. The number of carboxylic acids is 1. The third-order valence-corrected chi connectivity index (χ3v) is 7.89. The van der Waals surface area contributed by atoms with Gasteiger partial charge < -0.3 is 19.8 Å². The van der Waals surface area contributed by atoms with E-state index >= 15 is 0 Å². The van der Waals surface area contributed by atoms with E-state index in [1.165, 1.54) is 14.1 Å². The molecule has 1 N–H and O–H groups in total.